The third-order valence-corrected chi connectivity index (χ3v) is 2.69. The van der Waals surface area contributed by atoms with Gasteiger partial charge >= 0.3 is 0 Å². The van der Waals surface area contributed by atoms with Crippen LogP contribution in [-0.4, -0.2) is 43.0 Å². The van der Waals surface area contributed by atoms with Crippen molar-refractivity contribution in [1.82, 2.24) is 9.88 Å². The number of carbonyl (C=O) groups is 1. The van der Waals surface area contributed by atoms with Crippen LogP contribution >= 0.6 is 0 Å². The maximum atomic E-state index is 11.8. The van der Waals surface area contributed by atoms with Crippen molar-refractivity contribution in [3.8, 4) is 0 Å². The Kier molecular flexibility index (Phi) is 5.58. The van der Waals surface area contributed by atoms with Gasteiger partial charge in [0, 0.05) is 33.4 Å². The lowest BCUT2D eigenvalue weighted by Crippen LogP contribution is -2.37. The van der Waals surface area contributed by atoms with Gasteiger partial charge in [0.2, 0.25) is 5.91 Å². The number of nitrogens with zero attached hydrogens (tertiary/aromatic N) is 3. The summed E-state index contributed by atoms with van der Waals surface area (Å²) in [6.07, 6.45) is 2.74. The SMILES string of the molecule is CCCN(CC(=O)N(C)C)c1ccc(CN)cn1. The van der Waals surface area contributed by atoms with Crippen molar-refractivity contribution in [3.05, 3.63) is 23.9 Å². The molecule has 5 heteroatoms. The van der Waals surface area contributed by atoms with Gasteiger partial charge in [-0.05, 0) is 18.1 Å². The molecule has 1 rings (SSSR count). The van der Waals surface area contributed by atoms with Gasteiger partial charge in [-0.3, -0.25) is 4.79 Å². The van der Waals surface area contributed by atoms with Crippen molar-refractivity contribution in [1.29, 1.82) is 0 Å². The number of rotatable bonds is 6. The number of anilines is 1. The Morgan fingerprint density at radius 1 is 1.39 bits per heavy atom. The molecule has 5 nitrogen and oxygen atoms in total. The number of amides is 1. The van der Waals surface area contributed by atoms with E-state index in [2.05, 4.69) is 11.9 Å². The smallest absolute Gasteiger partial charge is 0.241 e. The molecule has 0 fully saturated rings. The molecule has 0 atom stereocenters. The highest BCUT2D eigenvalue weighted by molar-refractivity contribution is 5.80. The maximum Gasteiger partial charge on any atom is 0.241 e. The summed E-state index contributed by atoms with van der Waals surface area (Å²) in [6, 6.07) is 3.87. The molecule has 1 aromatic heterocycles. The molecule has 0 aliphatic carbocycles. The normalized spacial score (nSPS) is 10.2. The van der Waals surface area contributed by atoms with Gasteiger partial charge < -0.3 is 15.5 Å². The van der Waals surface area contributed by atoms with Crippen molar-refractivity contribution < 1.29 is 4.79 Å². The third kappa shape index (κ3) is 4.00. The van der Waals surface area contributed by atoms with Crippen LogP contribution in [0, 0.1) is 0 Å². The van der Waals surface area contributed by atoms with Crippen LogP contribution in [-0.2, 0) is 11.3 Å². The number of pyridine rings is 1. The fourth-order valence-electron chi connectivity index (χ4n) is 1.57. The van der Waals surface area contributed by atoms with E-state index in [1.54, 1.807) is 25.2 Å². The van der Waals surface area contributed by atoms with E-state index in [1.165, 1.54) is 0 Å². The lowest BCUT2D eigenvalue weighted by molar-refractivity contribution is -0.127. The first-order chi connectivity index (χ1) is 8.58. The maximum absolute atomic E-state index is 11.8. The Morgan fingerprint density at radius 2 is 2.11 bits per heavy atom. The fourth-order valence-corrected chi connectivity index (χ4v) is 1.57. The number of aromatic nitrogens is 1. The van der Waals surface area contributed by atoms with Crippen molar-refractivity contribution in [2.75, 3.05) is 32.1 Å². The largest absolute Gasteiger partial charge is 0.347 e. The van der Waals surface area contributed by atoms with E-state index in [-0.39, 0.29) is 5.91 Å². The number of hydrogen-bond donors (Lipinski definition) is 1. The van der Waals surface area contributed by atoms with Crippen LogP contribution in [0.4, 0.5) is 5.82 Å². The molecule has 1 heterocycles. The van der Waals surface area contributed by atoms with Crippen molar-refractivity contribution in [3.63, 3.8) is 0 Å². The molecular formula is C13H22N4O. The Balaban J connectivity index is 2.79. The van der Waals surface area contributed by atoms with E-state index >= 15 is 0 Å². The summed E-state index contributed by atoms with van der Waals surface area (Å²) in [7, 11) is 3.52. The van der Waals surface area contributed by atoms with Gasteiger partial charge in [0.15, 0.2) is 0 Å². The zero-order chi connectivity index (χ0) is 13.5. The van der Waals surface area contributed by atoms with Gasteiger partial charge in [-0.1, -0.05) is 13.0 Å². The number of nitrogens with two attached hydrogens (primary N) is 1. The molecule has 0 bridgehead atoms. The van der Waals surface area contributed by atoms with Crippen LogP contribution in [0.15, 0.2) is 18.3 Å². The molecule has 1 amide bonds. The Morgan fingerprint density at radius 3 is 2.56 bits per heavy atom. The second-order valence-electron chi connectivity index (χ2n) is 4.44. The van der Waals surface area contributed by atoms with E-state index in [0.717, 1.165) is 24.3 Å². The van der Waals surface area contributed by atoms with Gasteiger partial charge in [0.25, 0.3) is 0 Å². The summed E-state index contributed by atoms with van der Waals surface area (Å²) in [4.78, 5) is 19.7. The molecule has 0 saturated heterocycles. The lowest BCUT2D eigenvalue weighted by atomic mass is 10.2. The van der Waals surface area contributed by atoms with Crippen LogP contribution in [0.25, 0.3) is 0 Å². The van der Waals surface area contributed by atoms with E-state index in [4.69, 9.17) is 5.73 Å². The molecule has 0 spiro atoms. The van der Waals surface area contributed by atoms with Gasteiger partial charge in [-0.15, -0.1) is 0 Å². The van der Waals surface area contributed by atoms with Crippen LogP contribution in [0.2, 0.25) is 0 Å². The summed E-state index contributed by atoms with van der Waals surface area (Å²) in [5.74, 6) is 0.900. The number of hydrogen-bond acceptors (Lipinski definition) is 4. The van der Waals surface area contributed by atoms with E-state index in [1.807, 2.05) is 17.0 Å². The zero-order valence-electron chi connectivity index (χ0n) is 11.4. The Bertz CT molecular complexity index is 375. The standard InChI is InChI=1S/C13H22N4O/c1-4-7-17(10-13(18)16(2)3)12-6-5-11(8-14)9-15-12/h5-6,9H,4,7-8,10,14H2,1-3H3. The molecule has 0 aliphatic heterocycles. The number of carbonyl (C=O) groups excluding carboxylic acids is 1. The molecule has 1 aromatic rings. The molecule has 0 aliphatic rings. The topological polar surface area (TPSA) is 62.5 Å². The highest BCUT2D eigenvalue weighted by Gasteiger charge is 2.13. The summed E-state index contributed by atoms with van der Waals surface area (Å²) in [5, 5.41) is 0. The van der Waals surface area contributed by atoms with Gasteiger partial charge in [-0.2, -0.15) is 0 Å². The average Bonchev–Trinajstić information content (AvgIpc) is 2.38. The van der Waals surface area contributed by atoms with Gasteiger partial charge in [-0.25, -0.2) is 4.98 Å². The zero-order valence-corrected chi connectivity index (χ0v) is 11.4. The molecular weight excluding hydrogens is 228 g/mol. The fraction of sp³-hybridized carbons (Fsp3) is 0.538. The highest BCUT2D eigenvalue weighted by atomic mass is 16.2. The summed E-state index contributed by atoms with van der Waals surface area (Å²) in [6.45, 7) is 3.74. The average molecular weight is 250 g/mol. The first-order valence-corrected chi connectivity index (χ1v) is 6.18. The Labute approximate surface area is 109 Å². The molecule has 0 unspecified atom stereocenters. The minimum Gasteiger partial charge on any atom is -0.347 e. The van der Waals surface area contributed by atoms with E-state index < -0.39 is 0 Å². The van der Waals surface area contributed by atoms with Crippen LogP contribution in [0.5, 0.6) is 0 Å². The first-order valence-electron chi connectivity index (χ1n) is 6.18. The van der Waals surface area contributed by atoms with Gasteiger partial charge in [0.05, 0.1) is 6.54 Å². The van der Waals surface area contributed by atoms with E-state index in [9.17, 15) is 4.79 Å². The number of likely N-dealkylation sites (N-methyl/N-ethyl adjacent to an activating group) is 1. The predicted molar refractivity (Wildman–Crippen MR) is 73.3 cm³/mol. The molecule has 18 heavy (non-hydrogen) atoms. The third-order valence-electron chi connectivity index (χ3n) is 2.69. The quantitative estimate of drug-likeness (QED) is 0.813. The highest BCUT2D eigenvalue weighted by Crippen LogP contribution is 2.11. The van der Waals surface area contributed by atoms with Crippen LogP contribution < -0.4 is 10.6 Å². The second-order valence-corrected chi connectivity index (χ2v) is 4.44. The van der Waals surface area contributed by atoms with E-state index in [0.29, 0.717) is 13.1 Å². The van der Waals surface area contributed by atoms with Crippen molar-refractivity contribution >= 4 is 11.7 Å². The molecule has 0 radical (unpaired) electrons. The molecule has 0 saturated carbocycles. The summed E-state index contributed by atoms with van der Waals surface area (Å²) in [5.41, 5.74) is 6.54. The second kappa shape index (κ2) is 6.96. The predicted octanol–water partition coefficient (Wildman–Crippen LogP) is 0.845. The van der Waals surface area contributed by atoms with Crippen LogP contribution in [0.1, 0.15) is 18.9 Å². The first kappa shape index (κ1) is 14.4. The monoisotopic (exact) mass is 250 g/mol. The van der Waals surface area contributed by atoms with Crippen molar-refractivity contribution in [2.24, 2.45) is 5.73 Å². The Hall–Kier alpha value is -1.62. The van der Waals surface area contributed by atoms with Gasteiger partial charge in [0.1, 0.15) is 5.82 Å². The lowest BCUT2D eigenvalue weighted by Gasteiger charge is -2.24. The summed E-state index contributed by atoms with van der Waals surface area (Å²) < 4.78 is 0. The van der Waals surface area contributed by atoms with Crippen molar-refractivity contribution in [2.45, 2.75) is 19.9 Å². The molecule has 100 valence electrons. The molecule has 2 N–H and O–H groups in total. The summed E-state index contributed by atoms with van der Waals surface area (Å²) >= 11 is 0. The van der Waals surface area contributed by atoms with Crippen LogP contribution in [0.3, 0.4) is 0 Å². The minimum absolute atomic E-state index is 0.0770. The minimum atomic E-state index is 0.0770. The molecule has 0 aromatic carbocycles.